The van der Waals surface area contributed by atoms with E-state index in [-0.39, 0.29) is 0 Å². The van der Waals surface area contributed by atoms with Gasteiger partial charge in [0, 0.05) is 9.24 Å². The molecule has 0 aromatic carbocycles. The topological polar surface area (TPSA) is 13.1 Å². The Kier molecular flexibility index (Phi) is 9.30. The monoisotopic (exact) mass is 266 g/mol. The van der Waals surface area contributed by atoms with Crippen LogP contribution in [0.2, 0.25) is 0 Å². The number of furan rings is 1. The average Bonchev–Trinajstić information content (AvgIpc) is 2.77. The highest BCUT2D eigenvalue weighted by molar-refractivity contribution is 7.26. The molecule has 0 aliphatic carbocycles. The zero-order valence-electron chi connectivity index (χ0n) is 11.8. The number of hydrogen-bond donors (Lipinski definition) is 0. The molecule has 0 amide bonds. The summed E-state index contributed by atoms with van der Waals surface area (Å²) in [5, 5.41) is 0. The van der Waals surface area contributed by atoms with Crippen molar-refractivity contribution in [2.45, 2.75) is 77.6 Å². The lowest BCUT2D eigenvalue weighted by molar-refractivity contribution is 0.555. The molecule has 1 heterocycles. The van der Waals surface area contributed by atoms with Crippen LogP contribution in [0.3, 0.4) is 0 Å². The van der Waals surface area contributed by atoms with Crippen LogP contribution in [0, 0.1) is 0 Å². The highest BCUT2D eigenvalue weighted by Crippen LogP contribution is 2.12. The highest BCUT2D eigenvalue weighted by Gasteiger charge is 2.01. The van der Waals surface area contributed by atoms with Crippen LogP contribution in [0.1, 0.15) is 76.7 Å². The molecule has 102 valence electrons. The molecule has 0 N–H and O–H groups in total. The summed E-state index contributed by atoms with van der Waals surface area (Å²) in [4.78, 5) is 0. The first-order chi connectivity index (χ1) is 8.84. The number of unbranched alkanes of at least 4 members (excludes halogenated alkanes) is 9. The molecule has 1 aromatic heterocycles. The molecule has 1 aromatic rings. The normalized spacial score (nSPS) is 11.0. The van der Waals surface area contributed by atoms with Gasteiger partial charge in [0.15, 0.2) is 0 Å². The van der Waals surface area contributed by atoms with Gasteiger partial charge in [-0.15, -0.1) is 0 Å². The summed E-state index contributed by atoms with van der Waals surface area (Å²) < 4.78 is 5.17. The van der Waals surface area contributed by atoms with Crippen LogP contribution in [-0.2, 0) is 6.42 Å². The molecule has 1 nitrogen and oxygen atoms in total. The number of rotatable bonds is 11. The highest BCUT2D eigenvalue weighted by atomic mass is 31.0. The lowest BCUT2D eigenvalue weighted by Gasteiger charge is -2.02. The van der Waals surface area contributed by atoms with Gasteiger partial charge < -0.3 is 4.42 Å². The van der Waals surface area contributed by atoms with E-state index in [1.54, 1.807) is 6.26 Å². The summed E-state index contributed by atoms with van der Waals surface area (Å²) in [6, 6.07) is 2.04. The van der Waals surface area contributed by atoms with Crippen LogP contribution in [0.4, 0.5) is 0 Å². The summed E-state index contributed by atoms with van der Waals surface area (Å²) in [7, 11) is 4.28. The minimum atomic E-state index is 0.797. The molecule has 0 aliphatic rings. The Balaban J connectivity index is 1.83. The molecule has 2 radical (unpaired) electrons. The van der Waals surface area contributed by atoms with Gasteiger partial charge in [-0.3, -0.25) is 0 Å². The van der Waals surface area contributed by atoms with Crippen LogP contribution < -0.4 is 5.50 Å². The fourth-order valence-electron chi connectivity index (χ4n) is 2.32. The minimum Gasteiger partial charge on any atom is -0.464 e. The van der Waals surface area contributed by atoms with Crippen molar-refractivity contribution in [2.24, 2.45) is 0 Å². The summed E-state index contributed by atoms with van der Waals surface area (Å²) in [5.74, 6) is 0. The maximum Gasteiger partial charge on any atom is 0.138 e. The zero-order chi connectivity index (χ0) is 13.1. The van der Waals surface area contributed by atoms with Crippen LogP contribution in [0.25, 0.3) is 0 Å². The SMILES string of the molecule is CCCCCCCCCCCCc1ccoc1[P]. The molecule has 1 rings (SSSR count). The van der Waals surface area contributed by atoms with Crippen LogP contribution in [-0.4, -0.2) is 0 Å². The third-order valence-corrected chi connectivity index (χ3v) is 3.92. The summed E-state index contributed by atoms with van der Waals surface area (Å²) in [6.07, 6.45) is 16.7. The largest absolute Gasteiger partial charge is 0.464 e. The van der Waals surface area contributed by atoms with Gasteiger partial charge in [-0.1, -0.05) is 64.7 Å². The van der Waals surface area contributed by atoms with Crippen molar-refractivity contribution in [3.8, 4) is 0 Å². The van der Waals surface area contributed by atoms with Gasteiger partial charge in [-0.25, -0.2) is 0 Å². The van der Waals surface area contributed by atoms with Gasteiger partial charge in [0.25, 0.3) is 0 Å². The van der Waals surface area contributed by atoms with Crippen molar-refractivity contribution in [2.75, 3.05) is 0 Å². The zero-order valence-corrected chi connectivity index (χ0v) is 12.7. The van der Waals surface area contributed by atoms with Crippen LogP contribution in [0.5, 0.6) is 0 Å². The Morgan fingerprint density at radius 1 is 0.889 bits per heavy atom. The second-order valence-electron chi connectivity index (χ2n) is 5.18. The van der Waals surface area contributed by atoms with Gasteiger partial charge >= 0.3 is 0 Å². The molecule has 0 atom stereocenters. The van der Waals surface area contributed by atoms with Gasteiger partial charge in [-0.05, 0) is 24.5 Å². The van der Waals surface area contributed by atoms with E-state index in [1.165, 1.54) is 69.8 Å². The standard InChI is InChI=1S/C16H27OP/c1-2-3-4-5-6-7-8-9-10-11-12-15-13-14-17-16(15)18/h13-14H,2-12H2,1H3. The Morgan fingerprint density at radius 3 is 1.94 bits per heavy atom. The quantitative estimate of drug-likeness (QED) is 0.365. The molecule has 0 fully saturated rings. The van der Waals surface area contributed by atoms with Gasteiger partial charge in [0.1, 0.15) is 5.50 Å². The molecule has 0 bridgehead atoms. The maximum atomic E-state index is 5.17. The van der Waals surface area contributed by atoms with E-state index in [0.717, 1.165) is 11.9 Å². The maximum absolute atomic E-state index is 5.17. The fourth-order valence-corrected chi connectivity index (χ4v) is 2.57. The van der Waals surface area contributed by atoms with E-state index in [0.29, 0.717) is 0 Å². The number of aryl methyl sites for hydroxylation is 1. The average molecular weight is 266 g/mol. The molecule has 0 saturated carbocycles. The van der Waals surface area contributed by atoms with E-state index in [1.807, 2.05) is 6.07 Å². The molecule has 0 spiro atoms. The minimum absolute atomic E-state index is 0.797. The van der Waals surface area contributed by atoms with Gasteiger partial charge in [0.2, 0.25) is 0 Å². The Hall–Kier alpha value is -0.290. The molecule has 0 aliphatic heterocycles. The molecule has 0 saturated heterocycles. The number of hydrogen-bond acceptors (Lipinski definition) is 1. The van der Waals surface area contributed by atoms with Crippen LogP contribution >= 0.6 is 9.24 Å². The third-order valence-electron chi connectivity index (χ3n) is 3.52. The fraction of sp³-hybridized carbons (Fsp3) is 0.750. The first-order valence-electron chi connectivity index (χ1n) is 7.60. The molecule has 2 heteroatoms. The molecular formula is C16H27OP. The first kappa shape index (κ1) is 15.8. The van der Waals surface area contributed by atoms with Crippen molar-refractivity contribution in [3.05, 3.63) is 17.9 Å². The first-order valence-corrected chi connectivity index (χ1v) is 8.04. The van der Waals surface area contributed by atoms with Crippen molar-refractivity contribution < 1.29 is 4.42 Å². The van der Waals surface area contributed by atoms with E-state index >= 15 is 0 Å². The smallest absolute Gasteiger partial charge is 0.138 e. The summed E-state index contributed by atoms with van der Waals surface area (Å²) in [6.45, 7) is 2.27. The lowest BCUT2D eigenvalue weighted by Crippen LogP contribution is -1.95. The molecular weight excluding hydrogens is 239 g/mol. The van der Waals surface area contributed by atoms with E-state index in [4.69, 9.17) is 4.42 Å². The molecule has 18 heavy (non-hydrogen) atoms. The van der Waals surface area contributed by atoms with Crippen LogP contribution in [0.15, 0.2) is 16.7 Å². The van der Waals surface area contributed by atoms with Crippen molar-refractivity contribution in [1.29, 1.82) is 0 Å². The lowest BCUT2D eigenvalue weighted by atomic mass is 10.0. The predicted octanol–water partition coefficient (Wildman–Crippen LogP) is 5.78. The Bertz CT molecular complexity index is 293. The second kappa shape index (κ2) is 10.6. The molecule has 0 unspecified atom stereocenters. The van der Waals surface area contributed by atoms with E-state index in [9.17, 15) is 0 Å². The van der Waals surface area contributed by atoms with Crippen molar-refractivity contribution in [3.63, 3.8) is 0 Å². The van der Waals surface area contributed by atoms with Gasteiger partial charge in [-0.2, -0.15) is 0 Å². The summed E-state index contributed by atoms with van der Waals surface area (Å²) in [5.41, 5.74) is 2.06. The van der Waals surface area contributed by atoms with Gasteiger partial charge in [0.05, 0.1) is 6.26 Å². The van der Waals surface area contributed by atoms with E-state index < -0.39 is 0 Å². The Labute approximate surface area is 115 Å². The third kappa shape index (κ3) is 7.21. The Morgan fingerprint density at radius 2 is 1.44 bits per heavy atom. The van der Waals surface area contributed by atoms with E-state index in [2.05, 4.69) is 16.2 Å². The predicted molar refractivity (Wildman–Crippen MR) is 80.8 cm³/mol. The summed E-state index contributed by atoms with van der Waals surface area (Å²) >= 11 is 0. The van der Waals surface area contributed by atoms with Crippen molar-refractivity contribution in [1.82, 2.24) is 0 Å². The van der Waals surface area contributed by atoms with Crippen molar-refractivity contribution >= 4 is 14.7 Å². The second-order valence-corrected chi connectivity index (χ2v) is 5.59.